The number of carbonyl (C=O) groups excluding carboxylic acids is 1. The van der Waals surface area contributed by atoms with Gasteiger partial charge in [-0.15, -0.1) is 0 Å². The number of aromatic amines is 1. The lowest BCUT2D eigenvalue weighted by atomic mass is 9.83. The van der Waals surface area contributed by atoms with Crippen LogP contribution in [-0.2, 0) is 14.3 Å². The Balaban J connectivity index is 2.25. The van der Waals surface area contributed by atoms with Crippen LogP contribution in [0.25, 0.3) is 10.9 Å². The fraction of sp³-hybridized carbons (Fsp3) is 0.190. The van der Waals surface area contributed by atoms with Crippen LogP contribution < -0.4 is 16.0 Å². The number of nitrogens with zero attached hydrogens (tertiary/aromatic N) is 1. The molecule has 0 aliphatic carbocycles. The second-order valence-corrected chi connectivity index (χ2v) is 6.29. The Morgan fingerprint density at radius 3 is 2.86 bits per heavy atom. The Kier molecular flexibility index (Phi) is 5.41. The molecule has 1 aliphatic rings. The maximum atomic E-state index is 12.9. The topological polar surface area (TPSA) is 127 Å². The maximum Gasteiger partial charge on any atom is 0.338 e. The van der Waals surface area contributed by atoms with Crippen LogP contribution in [0.2, 0.25) is 0 Å². The number of hydrogen-bond donors (Lipinski definition) is 2. The molecule has 0 saturated carbocycles. The number of fused-ring (bicyclic) bond motifs is 1. The summed E-state index contributed by atoms with van der Waals surface area (Å²) in [7, 11) is 1.53. The van der Waals surface area contributed by atoms with E-state index in [1.54, 1.807) is 24.3 Å². The fourth-order valence-electron chi connectivity index (χ4n) is 3.21. The molecule has 1 atom stereocenters. The van der Waals surface area contributed by atoms with Gasteiger partial charge in [0.25, 0.3) is 5.56 Å². The summed E-state index contributed by atoms with van der Waals surface area (Å²) < 4.78 is 15.8. The number of rotatable bonds is 5. The first-order valence-corrected chi connectivity index (χ1v) is 8.68. The number of nitriles is 1. The second-order valence-electron chi connectivity index (χ2n) is 6.29. The minimum atomic E-state index is -1.04. The number of carbonyl (C=O) groups is 1. The van der Waals surface area contributed by atoms with Gasteiger partial charge in [-0.05, 0) is 31.2 Å². The molecule has 0 fully saturated rings. The van der Waals surface area contributed by atoms with Crippen molar-refractivity contribution in [2.75, 3.05) is 13.7 Å². The van der Waals surface area contributed by atoms with E-state index in [-0.39, 0.29) is 35.0 Å². The van der Waals surface area contributed by atoms with Crippen molar-refractivity contribution in [3.05, 3.63) is 75.6 Å². The summed E-state index contributed by atoms with van der Waals surface area (Å²) in [4.78, 5) is 28.3. The van der Waals surface area contributed by atoms with Crippen molar-refractivity contribution in [3.63, 3.8) is 0 Å². The van der Waals surface area contributed by atoms with E-state index in [4.69, 9.17) is 19.9 Å². The quantitative estimate of drug-likeness (QED) is 0.589. The highest BCUT2D eigenvalue weighted by Gasteiger charge is 2.37. The minimum Gasteiger partial charge on any atom is -0.497 e. The summed E-state index contributed by atoms with van der Waals surface area (Å²) in [5, 5.41) is 10.3. The molecule has 2 heterocycles. The number of allylic oxidation sites excluding steroid dienone is 2. The van der Waals surface area contributed by atoms with Gasteiger partial charge in [-0.1, -0.05) is 12.7 Å². The van der Waals surface area contributed by atoms with E-state index in [0.717, 1.165) is 0 Å². The van der Waals surface area contributed by atoms with Crippen LogP contribution in [0.1, 0.15) is 18.4 Å². The van der Waals surface area contributed by atoms with Crippen LogP contribution in [-0.4, -0.2) is 24.7 Å². The first kappa shape index (κ1) is 19.8. The molecule has 0 spiro atoms. The molecule has 1 aromatic carbocycles. The number of ether oxygens (including phenoxy) is 3. The normalized spacial score (nSPS) is 16.2. The Bertz CT molecular complexity index is 1170. The van der Waals surface area contributed by atoms with Crippen LogP contribution in [0.5, 0.6) is 5.75 Å². The van der Waals surface area contributed by atoms with Crippen LogP contribution in [0.3, 0.4) is 0 Å². The molecule has 148 valence electrons. The van der Waals surface area contributed by atoms with Crippen molar-refractivity contribution < 1.29 is 19.0 Å². The summed E-state index contributed by atoms with van der Waals surface area (Å²) in [6.07, 6.45) is 1.41. The average Bonchev–Trinajstić information content (AvgIpc) is 2.70. The van der Waals surface area contributed by atoms with E-state index in [1.165, 1.54) is 20.1 Å². The van der Waals surface area contributed by atoms with Crippen LogP contribution in [0.15, 0.2) is 64.5 Å². The van der Waals surface area contributed by atoms with Gasteiger partial charge < -0.3 is 24.9 Å². The summed E-state index contributed by atoms with van der Waals surface area (Å²) in [6, 6.07) is 8.71. The molecule has 1 unspecified atom stereocenters. The van der Waals surface area contributed by atoms with Crippen LogP contribution in [0, 0.1) is 11.3 Å². The van der Waals surface area contributed by atoms with Crippen molar-refractivity contribution in [2.24, 2.45) is 5.73 Å². The molecule has 8 nitrogen and oxygen atoms in total. The highest BCUT2D eigenvalue weighted by atomic mass is 16.5. The lowest BCUT2D eigenvalue weighted by Gasteiger charge is -2.26. The average molecular weight is 393 g/mol. The zero-order chi connectivity index (χ0) is 21.1. The molecule has 2 aromatic rings. The molecule has 1 aromatic heterocycles. The van der Waals surface area contributed by atoms with E-state index in [9.17, 15) is 14.9 Å². The molecule has 1 aliphatic heterocycles. The summed E-state index contributed by atoms with van der Waals surface area (Å²) in [5.41, 5.74) is 6.15. The molecule has 3 N–H and O–H groups in total. The monoisotopic (exact) mass is 393 g/mol. The van der Waals surface area contributed by atoms with Crippen LogP contribution >= 0.6 is 0 Å². The Hall–Kier alpha value is -3.99. The molecule has 3 rings (SSSR count). The van der Waals surface area contributed by atoms with E-state index < -0.39 is 17.4 Å². The molecule has 8 heteroatoms. The fourth-order valence-corrected chi connectivity index (χ4v) is 3.21. The SMILES string of the molecule is C=CCOC(=O)C1=C(C)OC(N)=C(C#N)C1c1cc2cc(OC)ccc2[nH]c1=O. The van der Waals surface area contributed by atoms with E-state index in [0.29, 0.717) is 16.7 Å². The third-order valence-electron chi connectivity index (χ3n) is 4.55. The lowest BCUT2D eigenvalue weighted by Crippen LogP contribution is -2.29. The molecule has 0 amide bonds. The smallest absolute Gasteiger partial charge is 0.338 e. The zero-order valence-electron chi connectivity index (χ0n) is 15.9. The zero-order valence-corrected chi connectivity index (χ0v) is 15.9. The Morgan fingerprint density at radius 2 is 2.21 bits per heavy atom. The summed E-state index contributed by atoms with van der Waals surface area (Å²) in [6.45, 7) is 5.00. The predicted octanol–water partition coefficient (Wildman–Crippen LogP) is 2.35. The highest BCUT2D eigenvalue weighted by Crippen LogP contribution is 2.39. The number of pyridine rings is 1. The van der Waals surface area contributed by atoms with Gasteiger partial charge in [0.1, 0.15) is 29.8 Å². The van der Waals surface area contributed by atoms with Gasteiger partial charge in [0.15, 0.2) is 0 Å². The summed E-state index contributed by atoms with van der Waals surface area (Å²) in [5.74, 6) is -1.18. The van der Waals surface area contributed by atoms with Gasteiger partial charge in [0.05, 0.1) is 18.6 Å². The summed E-state index contributed by atoms with van der Waals surface area (Å²) >= 11 is 0. The lowest BCUT2D eigenvalue weighted by molar-refractivity contribution is -0.138. The van der Waals surface area contributed by atoms with Gasteiger partial charge in [0, 0.05) is 16.5 Å². The second kappa shape index (κ2) is 7.94. The number of nitrogens with two attached hydrogens (primary N) is 1. The first-order chi connectivity index (χ1) is 13.9. The standard InChI is InChI=1S/C21H19N3O5/c1-4-7-28-21(26)17-11(2)29-19(23)15(10-22)18(17)14-9-12-8-13(27-3)5-6-16(12)24-20(14)25/h4-6,8-9,18H,1,7,23H2,2-3H3,(H,24,25). The van der Waals surface area contributed by atoms with Gasteiger partial charge in [-0.2, -0.15) is 5.26 Å². The predicted molar refractivity (Wildman–Crippen MR) is 106 cm³/mol. The van der Waals surface area contributed by atoms with Crippen molar-refractivity contribution in [2.45, 2.75) is 12.8 Å². The minimum absolute atomic E-state index is 0.0327. The van der Waals surface area contributed by atoms with Gasteiger partial charge in [0.2, 0.25) is 5.88 Å². The highest BCUT2D eigenvalue weighted by molar-refractivity contribution is 5.93. The Morgan fingerprint density at radius 1 is 1.45 bits per heavy atom. The van der Waals surface area contributed by atoms with Crippen LogP contribution in [0.4, 0.5) is 0 Å². The number of benzene rings is 1. The third kappa shape index (κ3) is 3.58. The van der Waals surface area contributed by atoms with Crippen molar-refractivity contribution in [3.8, 4) is 11.8 Å². The Labute approximate surface area is 166 Å². The van der Waals surface area contributed by atoms with Crippen molar-refractivity contribution in [1.29, 1.82) is 5.26 Å². The number of nitrogens with one attached hydrogen (secondary N) is 1. The number of hydrogen-bond acceptors (Lipinski definition) is 7. The van der Waals surface area contributed by atoms with Gasteiger partial charge >= 0.3 is 5.97 Å². The molecule has 29 heavy (non-hydrogen) atoms. The molecular weight excluding hydrogens is 374 g/mol. The number of H-pyrrole nitrogens is 1. The molecule has 0 saturated heterocycles. The first-order valence-electron chi connectivity index (χ1n) is 8.68. The third-order valence-corrected chi connectivity index (χ3v) is 4.55. The van der Waals surface area contributed by atoms with Crippen molar-refractivity contribution in [1.82, 2.24) is 4.98 Å². The van der Waals surface area contributed by atoms with E-state index >= 15 is 0 Å². The molecule has 0 radical (unpaired) electrons. The maximum absolute atomic E-state index is 12.9. The number of esters is 1. The van der Waals surface area contributed by atoms with E-state index in [2.05, 4.69) is 11.6 Å². The van der Waals surface area contributed by atoms with E-state index in [1.807, 2.05) is 6.07 Å². The largest absolute Gasteiger partial charge is 0.497 e. The van der Waals surface area contributed by atoms with Crippen molar-refractivity contribution >= 4 is 16.9 Å². The van der Waals surface area contributed by atoms with Gasteiger partial charge in [-0.25, -0.2) is 4.79 Å². The molecule has 0 bridgehead atoms. The number of aromatic nitrogens is 1. The number of methoxy groups -OCH3 is 1. The molecular formula is C21H19N3O5. The van der Waals surface area contributed by atoms with Gasteiger partial charge in [-0.3, -0.25) is 4.79 Å².